The lowest BCUT2D eigenvalue weighted by Gasteiger charge is -2.09. The molecule has 1 aromatic heterocycles. The van der Waals surface area contributed by atoms with Crippen molar-refractivity contribution in [3.8, 4) is 17.2 Å². The minimum Gasteiger partial charge on any atom is -0.365 e. The van der Waals surface area contributed by atoms with Crippen LogP contribution in [0.5, 0.6) is 0 Å². The van der Waals surface area contributed by atoms with Gasteiger partial charge in [-0.2, -0.15) is 5.26 Å². The molecule has 0 spiro atoms. The first-order valence-corrected chi connectivity index (χ1v) is 6.07. The van der Waals surface area contributed by atoms with Gasteiger partial charge in [-0.25, -0.2) is 4.98 Å². The minimum absolute atomic E-state index is 0.563. The van der Waals surface area contributed by atoms with Crippen LogP contribution in [0, 0.1) is 18.3 Å². The lowest BCUT2D eigenvalue weighted by atomic mass is 10.0. The predicted molar refractivity (Wildman–Crippen MR) is 77.8 cm³/mol. The zero-order chi connectivity index (χ0) is 13.7. The molecule has 19 heavy (non-hydrogen) atoms. The summed E-state index contributed by atoms with van der Waals surface area (Å²) < 4.78 is 0. The van der Waals surface area contributed by atoms with Crippen molar-refractivity contribution in [1.29, 1.82) is 5.26 Å². The average molecular weight is 249 g/mol. The standard InChI is InChI=1S/C16H15N3/c1-3-9-18-16-15(11-17)14(8-10-19-16)13-6-4-12(2)5-7-13/h3-8,10H,1,9H2,2H3,(H,18,19). The first-order chi connectivity index (χ1) is 9.26. The predicted octanol–water partition coefficient (Wildman–Crippen LogP) is 3.53. The van der Waals surface area contributed by atoms with Crippen molar-refractivity contribution in [2.75, 3.05) is 11.9 Å². The number of rotatable bonds is 4. The monoisotopic (exact) mass is 249 g/mol. The topological polar surface area (TPSA) is 48.7 Å². The number of nitriles is 1. The van der Waals surface area contributed by atoms with Gasteiger partial charge in [0.1, 0.15) is 17.5 Å². The van der Waals surface area contributed by atoms with Gasteiger partial charge in [0.05, 0.1) is 0 Å². The van der Waals surface area contributed by atoms with E-state index in [1.165, 1.54) is 5.56 Å². The number of aryl methyl sites for hydroxylation is 1. The van der Waals surface area contributed by atoms with Crippen LogP contribution in [0.15, 0.2) is 49.2 Å². The molecule has 0 bridgehead atoms. The summed E-state index contributed by atoms with van der Waals surface area (Å²) in [5.74, 6) is 0.598. The van der Waals surface area contributed by atoms with E-state index in [4.69, 9.17) is 0 Å². The van der Waals surface area contributed by atoms with Gasteiger partial charge in [0.2, 0.25) is 0 Å². The first kappa shape index (κ1) is 12.8. The maximum Gasteiger partial charge on any atom is 0.144 e. The molecule has 3 nitrogen and oxygen atoms in total. The van der Waals surface area contributed by atoms with Crippen LogP contribution in [-0.4, -0.2) is 11.5 Å². The number of nitrogens with zero attached hydrogens (tertiary/aromatic N) is 2. The molecule has 3 heteroatoms. The second-order valence-corrected chi connectivity index (χ2v) is 4.23. The SMILES string of the molecule is C=CCNc1nccc(-c2ccc(C)cc2)c1C#N. The van der Waals surface area contributed by atoms with Gasteiger partial charge in [-0.1, -0.05) is 35.9 Å². The van der Waals surface area contributed by atoms with E-state index in [0.29, 0.717) is 17.9 Å². The van der Waals surface area contributed by atoms with Gasteiger partial charge in [0, 0.05) is 18.3 Å². The Kier molecular flexibility index (Phi) is 3.94. The van der Waals surface area contributed by atoms with Crippen molar-refractivity contribution in [3.05, 3.63) is 60.3 Å². The fourth-order valence-corrected chi connectivity index (χ4v) is 1.85. The molecule has 1 aromatic carbocycles. The molecule has 0 saturated heterocycles. The molecule has 2 aromatic rings. The molecule has 0 aliphatic heterocycles. The third-order valence-electron chi connectivity index (χ3n) is 2.84. The van der Waals surface area contributed by atoms with Crippen molar-refractivity contribution >= 4 is 5.82 Å². The maximum absolute atomic E-state index is 9.36. The molecule has 0 atom stereocenters. The summed E-state index contributed by atoms with van der Waals surface area (Å²) in [6.07, 6.45) is 3.45. The van der Waals surface area contributed by atoms with Gasteiger partial charge < -0.3 is 5.32 Å². The Bertz CT molecular complexity index is 621. The number of anilines is 1. The Morgan fingerprint density at radius 2 is 2.05 bits per heavy atom. The van der Waals surface area contributed by atoms with Crippen LogP contribution in [0.3, 0.4) is 0 Å². The van der Waals surface area contributed by atoms with Crippen LogP contribution >= 0.6 is 0 Å². The molecular formula is C16H15N3. The summed E-state index contributed by atoms with van der Waals surface area (Å²) in [6, 6.07) is 12.2. The minimum atomic E-state index is 0.563. The van der Waals surface area contributed by atoms with Crippen molar-refractivity contribution < 1.29 is 0 Å². The lowest BCUT2D eigenvalue weighted by Crippen LogP contribution is -2.03. The highest BCUT2D eigenvalue weighted by molar-refractivity contribution is 5.75. The molecule has 1 N–H and O–H groups in total. The fourth-order valence-electron chi connectivity index (χ4n) is 1.85. The van der Waals surface area contributed by atoms with Crippen LogP contribution in [0.25, 0.3) is 11.1 Å². The molecule has 0 aliphatic rings. The Morgan fingerprint density at radius 3 is 2.68 bits per heavy atom. The maximum atomic E-state index is 9.36. The van der Waals surface area contributed by atoms with Gasteiger partial charge >= 0.3 is 0 Å². The molecule has 0 fully saturated rings. The van der Waals surface area contributed by atoms with Crippen molar-refractivity contribution in [2.24, 2.45) is 0 Å². The van der Waals surface area contributed by atoms with Crippen LogP contribution in [0.2, 0.25) is 0 Å². The van der Waals surface area contributed by atoms with Crippen molar-refractivity contribution in [3.63, 3.8) is 0 Å². The Hall–Kier alpha value is -2.60. The highest BCUT2D eigenvalue weighted by atomic mass is 15.0. The lowest BCUT2D eigenvalue weighted by molar-refractivity contribution is 1.22. The molecule has 1 heterocycles. The number of aromatic nitrogens is 1. The highest BCUT2D eigenvalue weighted by Crippen LogP contribution is 2.27. The van der Waals surface area contributed by atoms with E-state index in [9.17, 15) is 5.26 Å². The zero-order valence-corrected chi connectivity index (χ0v) is 10.9. The number of hydrogen-bond donors (Lipinski definition) is 1. The molecule has 0 radical (unpaired) electrons. The van der Waals surface area contributed by atoms with Crippen molar-refractivity contribution in [2.45, 2.75) is 6.92 Å². The summed E-state index contributed by atoms with van der Waals surface area (Å²) >= 11 is 0. The molecule has 94 valence electrons. The summed E-state index contributed by atoms with van der Waals surface area (Å²) in [4.78, 5) is 4.21. The first-order valence-electron chi connectivity index (χ1n) is 6.07. The van der Waals surface area contributed by atoms with E-state index >= 15 is 0 Å². The van der Waals surface area contributed by atoms with Crippen LogP contribution in [0.4, 0.5) is 5.82 Å². The van der Waals surface area contributed by atoms with Gasteiger partial charge in [0.15, 0.2) is 0 Å². The van der Waals surface area contributed by atoms with E-state index in [2.05, 4.69) is 22.9 Å². The van der Waals surface area contributed by atoms with E-state index < -0.39 is 0 Å². The molecule has 0 unspecified atom stereocenters. The Balaban J connectivity index is 2.48. The molecular weight excluding hydrogens is 234 g/mol. The Morgan fingerprint density at radius 1 is 1.32 bits per heavy atom. The number of benzene rings is 1. The molecule has 0 amide bonds. The third kappa shape index (κ3) is 2.80. The van der Waals surface area contributed by atoms with Crippen LogP contribution < -0.4 is 5.32 Å². The summed E-state index contributed by atoms with van der Waals surface area (Å²) in [5, 5.41) is 12.4. The van der Waals surface area contributed by atoms with Crippen LogP contribution in [-0.2, 0) is 0 Å². The van der Waals surface area contributed by atoms with E-state index in [0.717, 1.165) is 11.1 Å². The summed E-state index contributed by atoms with van der Waals surface area (Å²) in [7, 11) is 0. The smallest absolute Gasteiger partial charge is 0.144 e. The van der Waals surface area contributed by atoms with Gasteiger partial charge in [-0.05, 0) is 18.6 Å². The summed E-state index contributed by atoms with van der Waals surface area (Å²) in [6.45, 7) is 6.27. The molecule has 0 aliphatic carbocycles. The molecule has 2 rings (SSSR count). The van der Waals surface area contributed by atoms with Gasteiger partial charge in [-0.15, -0.1) is 6.58 Å². The van der Waals surface area contributed by atoms with E-state index in [1.54, 1.807) is 12.3 Å². The highest BCUT2D eigenvalue weighted by Gasteiger charge is 2.10. The van der Waals surface area contributed by atoms with E-state index in [1.807, 2.05) is 37.3 Å². The van der Waals surface area contributed by atoms with Gasteiger partial charge in [-0.3, -0.25) is 0 Å². The molecule has 0 saturated carbocycles. The largest absolute Gasteiger partial charge is 0.365 e. The van der Waals surface area contributed by atoms with Crippen molar-refractivity contribution in [1.82, 2.24) is 4.98 Å². The normalized spacial score (nSPS) is 9.68. The number of hydrogen-bond acceptors (Lipinski definition) is 3. The van der Waals surface area contributed by atoms with Crippen LogP contribution in [0.1, 0.15) is 11.1 Å². The van der Waals surface area contributed by atoms with E-state index in [-0.39, 0.29) is 0 Å². The fraction of sp³-hybridized carbons (Fsp3) is 0.125. The second-order valence-electron chi connectivity index (χ2n) is 4.23. The number of pyridine rings is 1. The number of nitrogens with one attached hydrogen (secondary N) is 1. The Labute approximate surface area is 113 Å². The quantitative estimate of drug-likeness (QED) is 0.843. The summed E-state index contributed by atoms with van der Waals surface area (Å²) in [5.41, 5.74) is 3.67. The van der Waals surface area contributed by atoms with Gasteiger partial charge in [0.25, 0.3) is 0 Å². The average Bonchev–Trinajstić information content (AvgIpc) is 2.45. The second kappa shape index (κ2) is 5.83. The third-order valence-corrected chi connectivity index (χ3v) is 2.84. The zero-order valence-electron chi connectivity index (χ0n) is 10.9.